The Morgan fingerprint density at radius 3 is 1.72 bits per heavy atom. The van der Waals surface area contributed by atoms with Crippen molar-refractivity contribution < 1.29 is 35.8 Å². The number of benzene rings is 2. The van der Waals surface area contributed by atoms with Crippen LogP contribution >= 0.6 is 24.0 Å². The van der Waals surface area contributed by atoms with Crippen molar-refractivity contribution in [2.75, 3.05) is 5.32 Å². The molecule has 0 saturated heterocycles. The Morgan fingerprint density at radius 1 is 0.828 bits per heavy atom. The standard InChI is InChI=1S/C17H11ClF6N2O2.ClH/c18-11(9-25-12-1-5-14(6-2-12)27-16(19,20)21)10-26-13-3-7-15(8-4-13)28-17(22,23)24;/h1-10,25H;1H/b11-9+,26-10?;. The van der Waals surface area contributed by atoms with Gasteiger partial charge in [0, 0.05) is 18.1 Å². The molecule has 0 fully saturated rings. The quantitative estimate of drug-likeness (QED) is 0.380. The highest BCUT2D eigenvalue weighted by atomic mass is 35.5. The second-order valence-electron chi connectivity index (χ2n) is 5.05. The van der Waals surface area contributed by atoms with E-state index in [0.29, 0.717) is 11.4 Å². The summed E-state index contributed by atoms with van der Waals surface area (Å²) in [5.74, 6) is -0.750. The van der Waals surface area contributed by atoms with Crippen LogP contribution in [0.5, 0.6) is 11.5 Å². The van der Waals surface area contributed by atoms with Crippen LogP contribution in [-0.2, 0) is 0 Å². The maximum absolute atomic E-state index is 12.1. The zero-order chi connectivity index (χ0) is 20.8. The molecule has 0 unspecified atom stereocenters. The minimum atomic E-state index is -4.78. The van der Waals surface area contributed by atoms with Gasteiger partial charge in [0.1, 0.15) is 11.5 Å². The molecule has 2 aromatic carbocycles. The van der Waals surface area contributed by atoms with Crippen LogP contribution in [0.3, 0.4) is 0 Å². The first-order valence-electron chi connectivity index (χ1n) is 7.38. The minimum absolute atomic E-state index is 0. The average Bonchev–Trinajstić information content (AvgIpc) is 2.58. The van der Waals surface area contributed by atoms with E-state index in [0.717, 1.165) is 24.3 Å². The molecule has 4 nitrogen and oxygen atoms in total. The number of aliphatic imine (C=N–C) groups is 1. The zero-order valence-electron chi connectivity index (χ0n) is 14.1. The molecule has 2 rings (SSSR count). The summed E-state index contributed by atoms with van der Waals surface area (Å²) >= 11 is 5.92. The van der Waals surface area contributed by atoms with E-state index >= 15 is 0 Å². The summed E-state index contributed by atoms with van der Waals surface area (Å²) in [6.07, 6.45) is -6.99. The number of anilines is 1. The van der Waals surface area contributed by atoms with Gasteiger partial charge in [-0.25, -0.2) is 0 Å². The molecule has 0 saturated carbocycles. The van der Waals surface area contributed by atoms with Crippen molar-refractivity contribution in [1.29, 1.82) is 0 Å². The monoisotopic (exact) mass is 460 g/mol. The number of nitrogens with one attached hydrogen (secondary N) is 1. The van der Waals surface area contributed by atoms with Gasteiger partial charge in [-0.2, -0.15) is 0 Å². The zero-order valence-corrected chi connectivity index (χ0v) is 15.7. The molecule has 0 aliphatic carbocycles. The molecular weight excluding hydrogens is 449 g/mol. The summed E-state index contributed by atoms with van der Waals surface area (Å²) in [5, 5.41) is 2.87. The van der Waals surface area contributed by atoms with E-state index in [4.69, 9.17) is 11.6 Å². The van der Waals surface area contributed by atoms with E-state index in [2.05, 4.69) is 19.8 Å². The lowest BCUT2D eigenvalue weighted by atomic mass is 10.3. The Kier molecular flexibility index (Phi) is 8.65. The molecule has 0 bridgehead atoms. The van der Waals surface area contributed by atoms with Crippen LogP contribution in [0.1, 0.15) is 0 Å². The highest BCUT2D eigenvalue weighted by Crippen LogP contribution is 2.25. The molecule has 0 atom stereocenters. The molecule has 12 heteroatoms. The summed E-state index contributed by atoms with van der Waals surface area (Å²) in [4.78, 5) is 3.96. The lowest BCUT2D eigenvalue weighted by Gasteiger charge is -2.09. The summed E-state index contributed by atoms with van der Waals surface area (Å²) in [7, 11) is 0. The Bertz CT molecular complexity index is 835. The van der Waals surface area contributed by atoms with Crippen LogP contribution in [-0.4, -0.2) is 18.9 Å². The number of hydrogen-bond acceptors (Lipinski definition) is 4. The van der Waals surface area contributed by atoms with Gasteiger partial charge in [-0.1, -0.05) is 11.6 Å². The van der Waals surface area contributed by atoms with E-state index in [1.165, 1.54) is 36.7 Å². The first-order valence-corrected chi connectivity index (χ1v) is 7.76. The first kappa shape index (κ1) is 24.4. The van der Waals surface area contributed by atoms with Crippen molar-refractivity contribution in [3.8, 4) is 11.5 Å². The highest BCUT2D eigenvalue weighted by molar-refractivity contribution is 6.39. The molecule has 0 spiro atoms. The molecule has 0 amide bonds. The van der Waals surface area contributed by atoms with Crippen LogP contribution < -0.4 is 14.8 Å². The van der Waals surface area contributed by atoms with Gasteiger partial charge in [0.25, 0.3) is 0 Å². The fourth-order valence-electron chi connectivity index (χ4n) is 1.81. The van der Waals surface area contributed by atoms with Gasteiger partial charge in [-0.3, -0.25) is 4.99 Å². The van der Waals surface area contributed by atoms with Crippen LogP contribution in [0, 0.1) is 0 Å². The highest BCUT2D eigenvalue weighted by Gasteiger charge is 2.31. The van der Waals surface area contributed by atoms with Crippen molar-refractivity contribution in [2.24, 2.45) is 4.99 Å². The smallest absolute Gasteiger partial charge is 0.406 e. The summed E-state index contributed by atoms with van der Waals surface area (Å²) in [6, 6.07) is 9.73. The molecule has 0 aromatic heterocycles. The Morgan fingerprint density at radius 2 is 1.28 bits per heavy atom. The van der Waals surface area contributed by atoms with Gasteiger partial charge in [0.15, 0.2) is 0 Å². The van der Waals surface area contributed by atoms with E-state index in [-0.39, 0.29) is 28.9 Å². The lowest BCUT2D eigenvalue weighted by molar-refractivity contribution is -0.275. The molecule has 1 N–H and O–H groups in total. The molecule has 0 aliphatic heterocycles. The minimum Gasteiger partial charge on any atom is -0.406 e. The molecular formula is C17H12Cl2F6N2O2. The van der Waals surface area contributed by atoms with Gasteiger partial charge in [0.05, 0.1) is 10.7 Å². The lowest BCUT2D eigenvalue weighted by Crippen LogP contribution is -2.16. The van der Waals surface area contributed by atoms with E-state index in [1.807, 2.05) is 0 Å². The van der Waals surface area contributed by atoms with Gasteiger partial charge in [-0.05, 0) is 48.5 Å². The van der Waals surface area contributed by atoms with E-state index in [1.54, 1.807) is 0 Å². The molecule has 0 heterocycles. The van der Waals surface area contributed by atoms with Crippen molar-refractivity contribution in [3.63, 3.8) is 0 Å². The third-order valence-electron chi connectivity index (χ3n) is 2.87. The fourth-order valence-corrected chi connectivity index (χ4v) is 1.92. The van der Waals surface area contributed by atoms with E-state index < -0.39 is 12.7 Å². The predicted molar refractivity (Wildman–Crippen MR) is 99.2 cm³/mol. The third-order valence-corrected chi connectivity index (χ3v) is 3.08. The van der Waals surface area contributed by atoms with Crippen molar-refractivity contribution in [2.45, 2.75) is 12.7 Å². The van der Waals surface area contributed by atoms with Crippen LogP contribution in [0.15, 0.2) is 64.8 Å². The summed E-state index contributed by atoms with van der Waals surface area (Å²) < 4.78 is 79.9. The second-order valence-corrected chi connectivity index (χ2v) is 5.48. The van der Waals surface area contributed by atoms with Crippen LogP contribution in [0.2, 0.25) is 0 Å². The Balaban J connectivity index is 0.00000420. The van der Waals surface area contributed by atoms with Crippen LogP contribution in [0.4, 0.5) is 37.7 Å². The SMILES string of the molecule is Cl.FC(F)(F)Oc1ccc(N=C/C(Cl)=C\Nc2ccc(OC(F)(F)F)cc2)cc1. The summed E-state index contributed by atoms with van der Waals surface area (Å²) in [6.45, 7) is 0. The maximum atomic E-state index is 12.1. The molecule has 0 radical (unpaired) electrons. The average molecular weight is 461 g/mol. The molecule has 0 aliphatic rings. The first-order chi connectivity index (χ1) is 13.0. The topological polar surface area (TPSA) is 42.8 Å². The Labute approximate surface area is 172 Å². The van der Waals surface area contributed by atoms with Crippen molar-refractivity contribution in [3.05, 3.63) is 59.8 Å². The number of ether oxygens (including phenoxy) is 2. The van der Waals surface area contributed by atoms with E-state index in [9.17, 15) is 26.3 Å². The molecule has 2 aromatic rings. The van der Waals surface area contributed by atoms with Gasteiger partial charge in [0.2, 0.25) is 0 Å². The number of allylic oxidation sites excluding steroid dienone is 1. The summed E-state index contributed by atoms with van der Waals surface area (Å²) in [5.41, 5.74) is 0.768. The van der Waals surface area contributed by atoms with Gasteiger partial charge >= 0.3 is 12.7 Å². The maximum Gasteiger partial charge on any atom is 0.573 e. The van der Waals surface area contributed by atoms with Crippen molar-refractivity contribution >= 4 is 41.6 Å². The van der Waals surface area contributed by atoms with Crippen molar-refractivity contribution in [1.82, 2.24) is 0 Å². The Hall–Kier alpha value is -2.59. The number of nitrogens with zero attached hydrogens (tertiary/aromatic N) is 1. The third kappa shape index (κ3) is 9.95. The predicted octanol–water partition coefficient (Wildman–Crippen LogP) is 6.80. The fraction of sp³-hybridized carbons (Fsp3) is 0.118. The largest absolute Gasteiger partial charge is 0.573 e. The van der Waals surface area contributed by atoms with Crippen LogP contribution in [0.25, 0.3) is 0 Å². The number of halogens is 8. The number of hydrogen-bond donors (Lipinski definition) is 1. The normalized spacial score (nSPS) is 12.4. The van der Waals surface area contributed by atoms with Gasteiger partial charge in [-0.15, -0.1) is 38.7 Å². The van der Waals surface area contributed by atoms with Gasteiger partial charge < -0.3 is 14.8 Å². The molecule has 29 heavy (non-hydrogen) atoms. The second kappa shape index (κ2) is 10.3. The molecule has 158 valence electrons. The number of rotatable bonds is 6. The number of alkyl halides is 6.